The highest BCUT2D eigenvalue weighted by molar-refractivity contribution is 6.10. The minimum atomic E-state index is -0.632. The number of benzene rings is 2. The minimum Gasteiger partial charge on any atom is -0.482 e. The van der Waals surface area contributed by atoms with E-state index >= 15 is 0 Å². The van der Waals surface area contributed by atoms with Crippen molar-refractivity contribution in [2.24, 2.45) is 0 Å². The number of esters is 1. The maximum atomic E-state index is 13.1. The lowest BCUT2D eigenvalue weighted by Gasteiger charge is -2.14. The van der Waals surface area contributed by atoms with E-state index in [-0.39, 0.29) is 47.0 Å². The third-order valence-electron chi connectivity index (χ3n) is 5.38. The number of nitro benzene ring substituents is 1. The highest BCUT2D eigenvalue weighted by atomic mass is 16.6. The first-order valence-electron chi connectivity index (χ1n) is 10.7. The Bertz CT molecular complexity index is 1390. The number of pyridine rings is 1. The predicted molar refractivity (Wildman–Crippen MR) is 126 cm³/mol. The van der Waals surface area contributed by atoms with E-state index in [1.165, 1.54) is 6.07 Å². The van der Waals surface area contributed by atoms with Crippen LogP contribution in [-0.4, -0.2) is 28.2 Å². The molecule has 0 aliphatic rings. The van der Waals surface area contributed by atoms with Gasteiger partial charge < -0.3 is 13.9 Å². The van der Waals surface area contributed by atoms with Crippen molar-refractivity contribution >= 4 is 23.5 Å². The maximum Gasteiger partial charge on any atom is 0.340 e. The van der Waals surface area contributed by atoms with Gasteiger partial charge in [0, 0.05) is 23.4 Å². The second kappa shape index (κ2) is 9.58. The summed E-state index contributed by atoms with van der Waals surface area (Å²) >= 11 is 0. The zero-order chi connectivity index (χ0) is 24.2. The topological polar surface area (TPSA) is 100 Å². The van der Waals surface area contributed by atoms with Crippen molar-refractivity contribution in [3.63, 3.8) is 0 Å². The van der Waals surface area contributed by atoms with Gasteiger partial charge in [-0.25, -0.2) is 4.79 Å². The third kappa shape index (κ3) is 4.13. The molecule has 0 aliphatic heterocycles. The molecule has 4 aromatic rings. The zero-order valence-corrected chi connectivity index (χ0v) is 18.7. The van der Waals surface area contributed by atoms with Gasteiger partial charge in [0.05, 0.1) is 28.3 Å². The first-order chi connectivity index (χ1) is 16.5. The summed E-state index contributed by atoms with van der Waals surface area (Å²) in [6, 6.07) is 17.5. The van der Waals surface area contributed by atoms with Crippen LogP contribution >= 0.6 is 0 Å². The average Bonchev–Trinajstić information content (AvgIpc) is 3.17. The van der Waals surface area contributed by atoms with Crippen LogP contribution in [0.3, 0.4) is 0 Å². The first kappa shape index (κ1) is 22.7. The Kier molecular flexibility index (Phi) is 6.40. The molecular formula is C26H22N2O6. The molecule has 2 heterocycles. The number of ether oxygens (including phenoxy) is 2. The van der Waals surface area contributed by atoms with Gasteiger partial charge in [0.15, 0.2) is 6.29 Å². The Balaban J connectivity index is 2.03. The Morgan fingerprint density at radius 1 is 1.12 bits per heavy atom. The van der Waals surface area contributed by atoms with Gasteiger partial charge in [0.2, 0.25) is 5.75 Å². The lowest BCUT2D eigenvalue weighted by molar-refractivity contribution is -0.385. The van der Waals surface area contributed by atoms with Crippen LogP contribution in [0.4, 0.5) is 5.69 Å². The first-order valence-corrected chi connectivity index (χ1v) is 10.7. The van der Waals surface area contributed by atoms with E-state index in [4.69, 9.17) is 9.47 Å². The molecule has 0 amide bonds. The molecule has 2 aromatic carbocycles. The van der Waals surface area contributed by atoms with Gasteiger partial charge in [0.1, 0.15) is 6.61 Å². The Morgan fingerprint density at radius 2 is 1.85 bits per heavy atom. The molecule has 8 heteroatoms. The number of fused-ring (bicyclic) bond motifs is 1. The summed E-state index contributed by atoms with van der Waals surface area (Å²) in [5.74, 6) is -0.656. The van der Waals surface area contributed by atoms with Crippen LogP contribution in [0.25, 0.3) is 16.6 Å². The van der Waals surface area contributed by atoms with Crippen molar-refractivity contribution in [3.05, 3.63) is 99.4 Å². The van der Waals surface area contributed by atoms with Crippen molar-refractivity contribution in [1.29, 1.82) is 0 Å². The Hall–Kier alpha value is -4.46. The van der Waals surface area contributed by atoms with Gasteiger partial charge in [-0.3, -0.25) is 14.9 Å². The van der Waals surface area contributed by atoms with Crippen molar-refractivity contribution in [2.75, 3.05) is 6.61 Å². The molecule has 0 aliphatic carbocycles. The molecule has 0 spiro atoms. The number of aryl methyl sites for hydroxylation is 1. The standard InChI is InChI=1S/C26H22N2O6/c1-3-33-26(30)24-20-11-7-8-12-27(20)22(15-29)23(24)19-13-17(2)14-21(28(31)32)25(19)34-16-18-9-5-4-6-10-18/h4-15H,3,16H2,1-2H3. The fourth-order valence-corrected chi connectivity index (χ4v) is 3.99. The number of nitrogens with zero attached hydrogens (tertiary/aromatic N) is 2. The lowest BCUT2D eigenvalue weighted by atomic mass is 9.97. The highest BCUT2D eigenvalue weighted by Gasteiger charge is 2.31. The van der Waals surface area contributed by atoms with Gasteiger partial charge in [-0.2, -0.15) is 0 Å². The number of rotatable bonds is 8. The molecule has 0 fully saturated rings. The fraction of sp³-hybridized carbons (Fsp3) is 0.154. The summed E-state index contributed by atoms with van der Waals surface area (Å²) in [7, 11) is 0. The van der Waals surface area contributed by atoms with Crippen LogP contribution in [0, 0.1) is 17.0 Å². The molecule has 0 bridgehead atoms. The smallest absolute Gasteiger partial charge is 0.340 e. The van der Waals surface area contributed by atoms with Crippen molar-refractivity contribution < 1.29 is 24.0 Å². The molecule has 0 saturated heterocycles. The van der Waals surface area contributed by atoms with Gasteiger partial charge in [-0.15, -0.1) is 0 Å². The number of hydrogen-bond acceptors (Lipinski definition) is 6. The van der Waals surface area contributed by atoms with Crippen molar-refractivity contribution in [3.8, 4) is 16.9 Å². The lowest BCUT2D eigenvalue weighted by Crippen LogP contribution is -2.07. The molecule has 0 atom stereocenters. The normalized spacial score (nSPS) is 10.8. The van der Waals surface area contributed by atoms with E-state index in [9.17, 15) is 19.7 Å². The third-order valence-corrected chi connectivity index (χ3v) is 5.38. The molecule has 0 unspecified atom stereocenters. The highest BCUT2D eigenvalue weighted by Crippen LogP contribution is 2.44. The van der Waals surface area contributed by atoms with E-state index in [2.05, 4.69) is 0 Å². The number of carbonyl (C=O) groups excluding carboxylic acids is 2. The fourth-order valence-electron chi connectivity index (χ4n) is 3.99. The van der Waals surface area contributed by atoms with Crippen LogP contribution in [0.15, 0.2) is 66.9 Å². The van der Waals surface area contributed by atoms with Crippen molar-refractivity contribution in [2.45, 2.75) is 20.5 Å². The summed E-state index contributed by atoms with van der Waals surface area (Å²) in [6.07, 6.45) is 2.28. The molecule has 0 radical (unpaired) electrons. The second-order valence-electron chi connectivity index (χ2n) is 7.62. The summed E-state index contributed by atoms with van der Waals surface area (Å²) in [6.45, 7) is 3.58. The second-order valence-corrected chi connectivity index (χ2v) is 7.62. The zero-order valence-electron chi connectivity index (χ0n) is 18.7. The molecular weight excluding hydrogens is 436 g/mol. The molecule has 172 valence electrons. The Labute approximate surface area is 195 Å². The minimum absolute atomic E-state index is 0.0241. The molecule has 8 nitrogen and oxygen atoms in total. The van der Waals surface area contributed by atoms with Gasteiger partial charge in [-0.05, 0) is 43.2 Å². The number of nitro groups is 1. The summed E-state index contributed by atoms with van der Waals surface area (Å²) in [4.78, 5) is 36.8. The van der Waals surface area contributed by atoms with Gasteiger partial charge in [0.25, 0.3) is 0 Å². The van der Waals surface area contributed by atoms with Crippen LogP contribution in [0.2, 0.25) is 0 Å². The number of carbonyl (C=O) groups is 2. The van der Waals surface area contributed by atoms with Gasteiger partial charge >= 0.3 is 11.7 Å². The largest absolute Gasteiger partial charge is 0.482 e. The molecule has 0 saturated carbocycles. The monoisotopic (exact) mass is 458 g/mol. The summed E-state index contributed by atoms with van der Waals surface area (Å²) in [5.41, 5.74) is 2.41. The average molecular weight is 458 g/mol. The quantitative estimate of drug-likeness (QED) is 0.152. The number of aldehydes is 1. The number of hydrogen-bond donors (Lipinski definition) is 0. The van der Waals surface area contributed by atoms with Crippen LogP contribution in [0.1, 0.15) is 38.9 Å². The van der Waals surface area contributed by atoms with E-state index < -0.39 is 10.9 Å². The van der Waals surface area contributed by atoms with E-state index in [0.717, 1.165) is 5.56 Å². The van der Waals surface area contributed by atoms with Crippen molar-refractivity contribution in [1.82, 2.24) is 4.40 Å². The summed E-state index contributed by atoms with van der Waals surface area (Å²) in [5, 5.41) is 12.0. The molecule has 4 rings (SSSR count). The van der Waals surface area contributed by atoms with Crippen LogP contribution in [-0.2, 0) is 11.3 Å². The van der Waals surface area contributed by atoms with Crippen LogP contribution < -0.4 is 4.74 Å². The summed E-state index contributed by atoms with van der Waals surface area (Å²) < 4.78 is 12.9. The molecule has 2 aromatic heterocycles. The van der Waals surface area contributed by atoms with E-state index in [1.807, 2.05) is 30.3 Å². The van der Waals surface area contributed by atoms with Crippen LogP contribution in [0.5, 0.6) is 5.75 Å². The SMILES string of the molecule is CCOC(=O)c1c(-c2cc(C)cc([N+](=O)[O-])c2OCc2ccccc2)c(C=O)n2ccccc12. The van der Waals surface area contributed by atoms with E-state index in [1.54, 1.807) is 48.7 Å². The maximum absolute atomic E-state index is 13.1. The van der Waals surface area contributed by atoms with Gasteiger partial charge in [-0.1, -0.05) is 36.4 Å². The molecule has 0 N–H and O–H groups in total. The Morgan fingerprint density at radius 3 is 2.53 bits per heavy atom. The predicted octanol–water partition coefficient (Wildman–Crippen LogP) is 5.39. The van der Waals surface area contributed by atoms with E-state index in [0.29, 0.717) is 17.4 Å². The number of aromatic nitrogens is 1. The molecule has 34 heavy (non-hydrogen) atoms.